The first-order valence-corrected chi connectivity index (χ1v) is 7.49. The molecular weight excluding hydrogens is 272 g/mol. The molecule has 104 valence electrons. The summed E-state index contributed by atoms with van der Waals surface area (Å²) in [6.45, 7) is 3.65. The summed E-state index contributed by atoms with van der Waals surface area (Å²) in [5, 5.41) is 0. The lowest BCUT2D eigenvalue weighted by Crippen LogP contribution is -2.27. The van der Waals surface area contributed by atoms with Gasteiger partial charge in [0.2, 0.25) is 0 Å². The lowest BCUT2D eigenvalue weighted by Gasteiger charge is -2.10. The standard InChI is InChI=1S/C14H16N4OS/c1-11-10-18(12-5-4-6-15-9-12)14(20-11)16-13(19)17-7-2-3-8-17/h4-6,9-10H,2-3,7-8H2,1H3/b16-14-. The first-order valence-electron chi connectivity index (χ1n) is 6.67. The van der Waals surface area contributed by atoms with E-state index < -0.39 is 0 Å². The summed E-state index contributed by atoms with van der Waals surface area (Å²) in [5.74, 6) is 0. The zero-order valence-electron chi connectivity index (χ0n) is 11.3. The summed E-state index contributed by atoms with van der Waals surface area (Å²) in [6.07, 6.45) is 7.64. The molecule has 0 atom stereocenters. The number of likely N-dealkylation sites (tertiary alicyclic amines) is 1. The third-order valence-electron chi connectivity index (χ3n) is 3.26. The van der Waals surface area contributed by atoms with Gasteiger partial charge < -0.3 is 4.90 Å². The Bertz CT molecular complexity index is 668. The Morgan fingerprint density at radius 2 is 2.20 bits per heavy atom. The Kier molecular flexibility index (Phi) is 3.64. The molecule has 5 nitrogen and oxygen atoms in total. The number of hydrogen-bond acceptors (Lipinski definition) is 3. The molecule has 0 bridgehead atoms. The van der Waals surface area contributed by atoms with Crippen molar-refractivity contribution in [2.75, 3.05) is 13.1 Å². The second kappa shape index (κ2) is 5.58. The van der Waals surface area contributed by atoms with Gasteiger partial charge in [-0.1, -0.05) is 0 Å². The Morgan fingerprint density at radius 1 is 1.40 bits per heavy atom. The number of urea groups is 1. The highest BCUT2D eigenvalue weighted by Crippen LogP contribution is 2.11. The lowest BCUT2D eigenvalue weighted by molar-refractivity contribution is 0.218. The number of hydrogen-bond donors (Lipinski definition) is 0. The summed E-state index contributed by atoms with van der Waals surface area (Å²) < 4.78 is 1.92. The maximum Gasteiger partial charge on any atom is 0.346 e. The first kappa shape index (κ1) is 13.1. The topological polar surface area (TPSA) is 50.5 Å². The lowest BCUT2D eigenvalue weighted by atomic mass is 10.4. The molecule has 3 rings (SSSR count). The third kappa shape index (κ3) is 2.65. The second-order valence-corrected chi connectivity index (χ2v) is 6.01. The van der Waals surface area contributed by atoms with Crippen molar-refractivity contribution >= 4 is 17.4 Å². The van der Waals surface area contributed by atoms with Crippen LogP contribution in [0.5, 0.6) is 0 Å². The molecule has 0 saturated carbocycles. The number of carbonyl (C=O) groups excluding carboxylic acids is 1. The van der Waals surface area contributed by atoms with Gasteiger partial charge in [-0.3, -0.25) is 9.55 Å². The molecule has 2 aromatic rings. The van der Waals surface area contributed by atoms with Gasteiger partial charge in [-0.2, -0.15) is 4.99 Å². The molecule has 1 fully saturated rings. The molecule has 2 aromatic heterocycles. The van der Waals surface area contributed by atoms with Crippen LogP contribution in [-0.2, 0) is 0 Å². The number of aryl methyl sites for hydroxylation is 1. The molecule has 0 unspecified atom stereocenters. The highest BCUT2D eigenvalue weighted by molar-refractivity contribution is 7.09. The minimum atomic E-state index is -0.137. The number of aromatic nitrogens is 2. The number of amides is 2. The van der Waals surface area contributed by atoms with Gasteiger partial charge in [-0.15, -0.1) is 11.3 Å². The largest absolute Gasteiger partial charge is 0.346 e. The predicted molar refractivity (Wildman–Crippen MR) is 77.9 cm³/mol. The van der Waals surface area contributed by atoms with Gasteiger partial charge in [0.1, 0.15) is 0 Å². The molecular formula is C14H16N4OS. The Morgan fingerprint density at radius 3 is 2.90 bits per heavy atom. The van der Waals surface area contributed by atoms with Crippen LogP contribution in [-0.4, -0.2) is 33.6 Å². The van der Waals surface area contributed by atoms with Crippen LogP contribution >= 0.6 is 11.3 Å². The van der Waals surface area contributed by atoms with Crippen LogP contribution in [0.4, 0.5) is 4.79 Å². The summed E-state index contributed by atoms with van der Waals surface area (Å²) in [5.41, 5.74) is 0.921. The van der Waals surface area contributed by atoms with Gasteiger partial charge in [0.05, 0.1) is 11.9 Å². The van der Waals surface area contributed by atoms with Crippen LogP contribution in [0, 0.1) is 6.92 Å². The van der Waals surface area contributed by atoms with Crippen molar-refractivity contribution in [2.24, 2.45) is 4.99 Å². The summed E-state index contributed by atoms with van der Waals surface area (Å²) in [6, 6.07) is 3.70. The average Bonchev–Trinajstić information content (AvgIpc) is 3.09. The van der Waals surface area contributed by atoms with Crippen LogP contribution in [0.15, 0.2) is 35.7 Å². The second-order valence-electron chi connectivity index (χ2n) is 4.79. The van der Waals surface area contributed by atoms with E-state index in [1.165, 1.54) is 11.3 Å². The van der Waals surface area contributed by atoms with Crippen molar-refractivity contribution < 1.29 is 4.79 Å². The summed E-state index contributed by atoms with van der Waals surface area (Å²) in [4.78, 5) is 24.2. The maximum absolute atomic E-state index is 12.1. The van der Waals surface area contributed by atoms with Crippen LogP contribution < -0.4 is 4.80 Å². The number of pyridine rings is 1. The molecule has 0 aliphatic carbocycles. The first-order chi connectivity index (χ1) is 9.74. The zero-order chi connectivity index (χ0) is 13.9. The molecule has 0 radical (unpaired) electrons. The Balaban J connectivity index is 1.99. The van der Waals surface area contributed by atoms with Crippen LogP contribution in [0.3, 0.4) is 0 Å². The average molecular weight is 288 g/mol. The van der Waals surface area contributed by atoms with E-state index in [-0.39, 0.29) is 6.03 Å². The van der Waals surface area contributed by atoms with E-state index in [9.17, 15) is 4.79 Å². The minimum absolute atomic E-state index is 0.137. The molecule has 3 heterocycles. The quantitative estimate of drug-likeness (QED) is 0.809. The molecule has 2 amide bonds. The SMILES string of the molecule is Cc1cn(-c2cccnc2)/c(=N/C(=O)N2CCCC2)s1. The van der Waals surface area contributed by atoms with Gasteiger partial charge >= 0.3 is 6.03 Å². The number of carbonyl (C=O) groups is 1. The fourth-order valence-electron chi connectivity index (χ4n) is 2.28. The fraction of sp³-hybridized carbons (Fsp3) is 0.357. The molecule has 0 spiro atoms. The van der Waals surface area contributed by atoms with E-state index in [1.807, 2.05) is 34.7 Å². The van der Waals surface area contributed by atoms with Crippen molar-refractivity contribution in [1.82, 2.24) is 14.5 Å². The molecule has 1 aliphatic rings. The van der Waals surface area contributed by atoms with Crippen molar-refractivity contribution in [3.05, 3.63) is 40.4 Å². The molecule has 1 aliphatic heterocycles. The highest BCUT2D eigenvalue weighted by Gasteiger charge is 2.17. The summed E-state index contributed by atoms with van der Waals surface area (Å²) in [7, 11) is 0. The van der Waals surface area contributed by atoms with Crippen LogP contribution in [0.2, 0.25) is 0 Å². The van der Waals surface area contributed by atoms with Gasteiger partial charge in [0.15, 0.2) is 4.80 Å². The normalized spacial score (nSPS) is 15.8. The van der Waals surface area contributed by atoms with E-state index in [4.69, 9.17) is 0 Å². The maximum atomic E-state index is 12.1. The van der Waals surface area contributed by atoms with E-state index >= 15 is 0 Å². The summed E-state index contributed by atoms with van der Waals surface area (Å²) >= 11 is 1.52. The van der Waals surface area contributed by atoms with Crippen LogP contribution in [0.1, 0.15) is 17.7 Å². The minimum Gasteiger partial charge on any atom is -0.323 e. The predicted octanol–water partition coefficient (Wildman–Crippen LogP) is 2.36. The number of nitrogens with zero attached hydrogens (tertiary/aromatic N) is 4. The van der Waals surface area contributed by atoms with Crippen molar-refractivity contribution in [2.45, 2.75) is 19.8 Å². The van der Waals surface area contributed by atoms with Crippen molar-refractivity contribution in [3.63, 3.8) is 0 Å². The van der Waals surface area contributed by atoms with Crippen LogP contribution in [0.25, 0.3) is 5.69 Å². The Hall–Kier alpha value is -1.95. The molecule has 6 heteroatoms. The smallest absolute Gasteiger partial charge is 0.323 e. The Labute approximate surface area is 121 Å². The van der Waals surface area contributed by atoms with Crippen molar-refractivity contribution in [1.29, 1.82) is 0 Å². The zero-order valence-corrected chi connectivity index (χ0v) is 12.1. The van der Waals surface area contributed by atoms with E-state index in [0.717, 1.165) is 36.5 Å². The number of rotatable bonds is 1. The van der Waals surface area contributed by atoms with Crippen molar-refractivity contribution in [3.8, 4) is 5.69 Å². The number of thiazole rings is 1. The van der Waals surface area contributed by atoms with Gasteiger partial charge in [-0.25, -0.2) is 4.79 Å². The van der Waals surface area contributed by atoms with Gasteiger partial charge in [-0.05, 0) is 31.9 Å². The van der Waals surface area contributed by atoms with Gasteiger partial charge in [0, 0.05) is 30.4 Å². The molecule has 1 saturated heterocycles. The molecule has 20 heavy (non-hydrogen) atoms. The third-order valence-corrected chi connectivity index (χ3v) is 4.16. The van der Waals surface area contributed by atoms with E-state index in [0.29, 0.717) is 4.80 Å². The van der Waals surface area contributed by atoms with E-state index in [2.05, 4.69) is 9.98 Å². The fourth-order valence-corrected chi connectivity index (χ4v) is 3.10. The van der Waals surface area contributed by atoms with E-state index in [1.54, 1.807) is 12.4 Å². The molecule has 0 N–H and O–H groups in total. The molecule has 0 aromatic carbocycles. The monoisotopic (exact) mass is 288 g/mol. The van der Waals surface area contributed by atoms with Gasteiger partial charge in [0.25, 0.3) is 0 Å². The highest BCUT2D eigenvalue weighted by atomic mass is 32.1.